The monoisotopic (exact) mass is 740 g/mol. The third kappa shape index (κ3) is 5.44. The van der Waals surface area contributed by atoms with E-state index in [1.807, 2.05) is 0 Å². The van der Waals surface area contributed by atoms with Crippen LogP contribution in [0.5, 0.6) is 0 Å². The van der Waals surface area contributed by atoms with E-state index in [2.05, 4.69) is 165 Å². The Morgan fingerprint density at radius 3 is 2.13 bits per heavy atom. The molecule has 0 unspecified atom stereocenters. The van der Waals surface area contributed by atoms with Crippen LogP contribution in [0.2, 0.25) is 16.8 Å². The van der Waals surface area contributed by atoms with E-state index < -0.39 is 13.3 Å². The van der Waals surface area contributed by atoms with Gasteiger partial charge in [0.2, 0.25) is 0 Å². The van der Waals surface area contributed by atoms with E-state index in [1.165, 1.54) is 51.6 Å². The van der Waals surface area contributed by atoms with Crippen LogP contribution in [0.25, 0.3) is 72.3 Å². The topological polar surface area (TPSA) is 31.0 Å². The van der Waals surface area contributed by atoms with Crippen LogP contribution in [0.1, 0.15) is 62.6 Å². The molecular formula is C48H46GeN2O. The maximum absolute atomic E-state index is 6.83. The molecule has 3 heterocycles. The van der Waals surface area contributed by atoms with Gasteiger partial charge in [0.25, 0.3) is 0 Å². The summed E-state index contributed by atoms with van der Waals surface area (Å²) >= 11 is -1.93. The quantitative estimate of drug-likeness (QED) is 0.159. The van der Waals surface area contributed by atoms with Crippen LogP contribution in [0, 0.1) is 0 Å². The number of para-hydroxylation sites is 3. The van der Waals surface area contributed by atoms with E-state index in [0.29, 0.717) is 11.8 Å². The van der Waals surface area contributed by atoms with Crippen molar-refractivity contribution >= 4 is 50.6 Å². The van der Waals surface area contributed by atoms with Crippen molar-refractivity contribution in [3.8, 4) is 39.3 Å². The van der Waals surface area contributed by atoms with Gasteiger partial charge in [-0.25, -0.2) is 0 Å². The molecule has 0 bridgehead atoms. The molecule has 0 saturated heterocycles. The molecule has 9 rings (SSSR count). The van der Waals surface area contributed by atoms with Gasteiger partial charge in [0.05, 0.1) is 0 Å². The molecule has 1 aliphatic heterocycles. The molecule has 0 spiro atoms. The molecule has 258 valence electrons. The van der Waals surface area contributed by atoms with E-state index in [-0.39, 0.29) is 0 Å². The van der Waals surface area contributed by atoms with Gasteiger partial charge in [0.1, 0.15) is 5.58 Å². The second kappa shape index (κ2) is 12.7. The maximum atomic E-state index is 6.83. The van der Waals surface area contributed by atoms with Gasteiger partial charge < -0.3 is 4.42 Å². The van der Waals surface area contributed by atoms with Crippen molar-refractivity contribution in [1.29, 1.82) is 0 Å². The van der Waals surface area contributed by atoms with Gasteiger partial charge in [-0.1, -0.05) is 54.6 Å². The van der Waals surface area contributed by atoms with Gasteiger partial charge in [0.15, 0.2) is 0 Å². The first kappa shape index (κ1) is 33.0. The van der Waals surface area contributed by atoms with E-state index in [0.717, 1.165) is 49.9 Å². The Hall–Kier alpha value is -4.87. The Balaban J connectivity index is 1.28. The minimum absolute atomic E-state index is 0.298. The summed E-state index contributed by atoms with van der Waals surface area (Å²) in [7, 11) is 0. The third-order valence-corrected chi connectivity index (χ3v) is 18.9. The van der Waals surface area contributed by atoms with E-state index >= 15 is 0 Å². The predicted molar refractivity (Wildman–Crippen MR) is 223 cm³/mol. The molecule has 0 fully saturated rings. The van der Waals surface area contributed by atoms with Crippen molar-refractivity contribution in [3.05, 3.63) is 138 Å². The van der Waals surface area contributed by atoms with Crippen LogP contribution in [-0.4, -0.2) is 22.8 Å². The van der Waals surface area contributed by atoms with Gasteiger partial charge in [-0.05, 0) is 23.3 Å². The van der Waals surface area contributed by atoms with Crippen LogP contribution in [0.3, 0.4) is 0 Å². The second-order valence-corrected chi connectivity index (χ2v) is 26.1. The first-order valence-corrected chi connectivity index (χ1v) is 25.7. The SMILES string of the molecule is CC(C)c1cc(-c2cc[c]3c(c2)CC[CH2][Ge]3([CH3])[CH3])cc(C(C)C)c1-n1c(-c2cccc3c2oc2cc(-c4ccccc4)ccc23)nc2ccccc21. The second-order valence-electron chi connectivity index (χ2n) is 16.0. The summed E-state index contributed by atoms with van der Waals surface area (Å²) < 4.78 is 11.0. The number of fused-ring (bicyclic) bond motifs is 5. The van der Waals surface area contributed by atoms with Crippen LogP contribution in [0.15, 0.2) is 126 Å². The number of furan rings is 1. The normalized spacial score (nSPS) is 14.2. The molecule has 0 radical (unpaired) electrons. The van der Waals surface area contributed by atoms with Crippen molar-refractivity contribution in [3.63, 3.8) is 0 Å². The molecular weight excluding hydrogens is 693 g/mol. The summed E-state index contributed by atoms with van der Waals surface area (Å²) in [4.78, 5) is 5.40. The number of benzene rings is 6. The average molecular weight is 740 g/mol. The minimum atomic E-state index is -1.93. The van der Waals surface area contributed by atoms with Crippen molar-refractivity contribution in [1.82, 2.24) is 9.55 Å². The number of aryl methyl sites for hydroxylation is 1. The van der Waals surface area contributed by atoms with Crippen LogP contribution < -0.4 is 4.40 Å². The molecule has 6 aromatic carbocycles. The van der Waals surface area contributed by atoms with Crippen molar-refractivity contribution < 1.29 is 4.42 Å². The number of nitrogens with zero attached hydrogens (tertiary/aromatic N) is 2. The van der Waals surface area contributed by atoms with E-state index in [9.17, 15) is 0 Å². The molecule has 0 aliphatic carbocycles. The molecule has 3 nitrogen and oxygen atoms in total. The van der Waals surface area contributed by atoms with Crippen molar-refractivity contribution in [2.75, 3.05) is 0 Å². The number of hydrogen-bond donors (Lipinski definition) is 0. The Bertz CT molecular complexity index is 2610. The van der Waals surface area contributed by atoms with E-state index in [4.69, 9.17) is 9.40 Å². The van der Waals surface area contributed by atoms with Crippen LogP contribution >= 0.6 is 0 Å². The fourth-order valence-corrected chi connectivity index (χ4v) is 14.8. The first-order chi connectivity index (χ1) is 25.2. The summed E-state index contributed by atoms with van der Waals surface area (Å²) in [6.07, 6.45) is 2.54. The van der Waals surface area contributed by atoms with Gasteiger partial charge in [0, 0.05) is 10.8 Å². The van der Waals surface area contributed by atoms with Crippen molar-refractivity contribution in [2.45, 2.75) is 69.1 Å². The molecule has 0 amide bonds. The Labute approximate surface area is 309 Å². The predicted octanol–water partition coefficient (Wildman–Crippen LogP) is 13.0. The summed E-state index contributed by atoms with van der Waals surface area (Å²) in [5, 5.41) is 3.66. The molecule has 1 aliphatic rings. The molecule has 52 heavy (non-hydrogen) atoms. The fraction of sp³-hybridized carbons (Fsp3) is 0.229. The molecule has 0 atom stereocenters. The average Bonchev–Trinajstić information content (AvgIpc) is 3.72. The molecule has 0 saturated carbocycles. The Morgan fingerprint density at radius 1 is 0.654 bits per heavy atom. The molecule has 2 aromatic heterocycles. The Kier molecular flexibility index (Phi) is 8.04. The van der Waals surface area contributed by atoms with Gasteiger partial charge in [-0.3, -0.25) is 0 Å². The van der Waals surface area contributed by atoms with E-state index in [1.54, 1.807) is 9.96 Å². The fourth-order valence-electron chi connectivity index (χ4n) is 8.70. The number of imidazole rings is 1. The third-order valence-electron chi connectivity index (χ3n) is 11.5. The Morgan fingerprint density at radius 2 is 1.37 bits per heavy atom. The first-order valence-electron chi connectivity index (χ1n) is 19.0. The van der Waals surface area contributed by atoms with Crippen LogP contribution in [-0.2, 0) is 6.42 Å². The number of rotatable bonds is 6. The van der Waals surface area contributed by atoms with Gasteiger partial charge in [-0.15, -0.1) is 0 Å². The standard InChI is InChI=1S/C48H46GeN2O/c1-30(2)40-27-36(33-22-24-42-35(26-33)16-13-25-49(42,5)6)28-41(31(3)4)46(40)51-44-20-11-10-19-43(44)50-48(51)39-18-12-17-38-37-23-21-34(29-45(37)52-47(38)39)32-14-8-7-9-15-32/h7-12,14-15,17-24,26-31H,13,16,25H2,1-6H3. The number of aromatic nitrogens is 2. The summed E-state index contributed by atoms with van der Waals surface area (Å²) in [6, 6.07) is 44.5. The van der Waals surface area contributed by atoms with Crippen molar-refractivity contribution in [2.24, 2.45) is 0 Å². The summed E-state index contributed by atoms with van der Waals surface area (Å²) in [5.41, 5.74) is 15.3. The number of hydrogen-bond acceptors (Lipinski definition) is 2. The summed E-state index contributed by atoms with van der Waals surface area (Å²) in [5.74, 6) is 6.67. The van der Waals surface area contributed by atoms with Crippen LogP contribution in [0.4, 0.5) is 0 Å². The zero-order valence-electron chi connectivity index (χ0n) is 31.1. The molecule has 8 aromatic rings. The summed E-state index contributed by atoms with van der Waals surface area (Å²) in [6.45, 7) is 9.33. The molecule has 4 heteroatoms. The van der Waals surface area contributed by atoms with Gasteiger partial charge >= 0.3 is 212 Å². The molecule has 0 N–H and O–H groups in total. The van der Waals surface area contributed by atoms with Gasteiger partial charge in [-0.2, -0.15) is 0 Å². The zero-order chi connectivity index (χ0) is 35.7. The zero-order valence-corrected chi connectivity index (χ0v) is 33.2.